The van der Waals surface area contributed by atoms with Crippen LogP contribution in [0.15, 0.2) is 30.3 Å². The number of imide groups is 1. The highest BCUT2D eigenvalue weighted by atomic mass is 16.3. The number of carbonyl (C=O) groups is 2. The van der Waals surface area contributed by atoms with Gasteiger partial charge in [0, 0.05) is 39.3 Å². The first-order valence-electron chi connectivity index (χ1n) is 8.84. The summed E-state index contributed by atoms with van der Waals surface area (Å²) < 4.78 is 0. The van der Waals surface area contributed by atoms with E-state index < -0.39 is 12.1 Å². The summed E-state index contributed by atoms with van der Waals surface area (Å²) in [5, 5.41) is 15.3. The molecule has 1 aliphatic rings. The van der Waals surface area contributed by atoms with Gasteiger partial charge in [-0.1, -0.05) is 37.3 Å². The number of piperazine rings is 1. The van der Waals surface area contributed by atoms with E-state index in [0.29, 0.717) is 13.1 Å². The van der Waals surface area contributed by atoms with E-state index in [4.69, 9.17) is 0 Å². The molecular formula is C18H28N4O3. The van der Waals surface area contributed by atoms with E-state index in [2.05, 4.69) is 15.5 Å². The number of amides is 3. The fraction of sp³-hybridized carbons (Fsp3) is 0.556. The zero-order chi connectivity index (χ0) is 18.1. The van der Waals surface area contributed by atoms with Crippen LogP contribution in [-0.4, -0.2) is 72.7 Å². The molecule has 1 fully saturated rings. The molecule has 1 heterocycles. The van der Waals surface area contributed by atoms with Gasteiger partial charge in [0.15, 0.2) is 0 Å². The SMILES string of the molecule is CCCNC(=O)NC(=O)CN1CCN(C[C@H](O)c2ccccc2)CC1. The molecular weight excluding hydrogens is 320 g/mol. The molecule has 1 aliphatic heterocycles. The molecule has 3 N–H and O–H groups in total. The maximum atomic E-state index is 11.9. The summed E-state index contributed by atoms with van der Waals surface area (Å²) in [7, 11) is 0. The molecule has 1 atom stereocenters. The van der Waals surface area contributed by atoms with E-state index in [9.17, 15) is 14.7 Å². The van der Waals surface area contributed by atoms with Crippen LogP contribution in [0.4, 0.5) is 4.79 Å². The average molecular weight is 348 g/mol. The van der Waals surface area contributed by atoms with Crippen molar-refractivity contribution in [2.75, 3.05) is 45.8 Å². The summed E-state index contributed by atoms with van der Waals surface area (Å²) in [6.45, 7) is 6.38. The van der Waals surface area contributed by atoms with Gasteiger partial charge in [0.1, 0.15) is 0 Å². The minimum Gasteiger partial charge on any atom is -0.387 e. The summed E-state index contributed by atoms with van der Waals surface area (Å²) in [6, 6.07) is 9.19. The van der Waals surface area contributed by atoms with Gasteiger partial charge in [-0.05, 0) is 12.0 Å². The van der Waals surface area contributed by atoms with Crippen LogP contribution in [0.25, 0.3) is 0 Å². The van der Waals surface area contributed by atoms with Gasteiger partial charge in [0.25, 0.3) is 0 Å². The fourth-order valence-corrected chi connectivity index (χ4v) is 2.81. The molecule has 138 valence electrons. The smallest absolute Gasteiger partial charge is 0.321 e. The number of benzene rings is 1. The van der Waals surface area contributed by atoms with Gasteiger partial charge in [-0.2, -0.15) is 0 Å². The molecule has 0 saturated carbocycles. The van der Waals surface area contributed by atoms with Gasteiger partial charge in [0.05, 0.1) is 12.6 Å². The Kier molecular flexibility index (Phi) is 7.84. The lowest BCUT2D eigenvalue weighted by Gasteiger charge is -2.35. The molecule has 0 unspecified atom stereocenters. The Labute approximate surface area is 149 Å². The van der Waals surface area contributed by atoms with E-state index in [1.54, 1.807) is 0 Å². The first-order valence-corrected chi connectivity index (χ1v) is 8.84. The van der Waals surface area contributed by atoms with Crippen molar-refractivity contribution in [2.24, 2.45) is 0 Å². The molecule has 0 radical (unpaired) electrons. The number of hydrogen-bond donors (Lipinski definition) is 3. The first kappa shape index (κ1) is 19.4. The molecule has 0 bridgehead atoms. The standard InChI is InChI=1S/C18H28N4O3/c1-2-8-19-18(25)20-17(24)14-22-11-9-21(10-12-22)13-16(23)15-6-4-3-5-7-15/h3-7,16,23H,2,8-14H2,1H3,(H2,19,20,24,25)/t16-/m0/s1. The zero-order valence-corrected chi connectivity index (χ0v) is 14.8. The highest BCUT2D eigenvalue weighted by Gasteiger charge is 2.21. The fourth-order valence-electron chi connectivity index (χ4n) is 2.81. The van der Waals surface area contributed by atoms with Crippen molar-refractivity contribution in [3.63, 3.8) is 0 Å². The van der Waals surface area contributed by atoms with E-state index in [-0.39, 0.29) is 12.5 Å². The van der Waals surface area contributed by atoms with Crippen LogP contribution in [0.2, 0.25) is 0 Å². The third kappa shape index (κ3) is 6.81. The topological polar surface area (TPSA) is 84.9 Å². The van der Waals surface area contributed by atoms with Crippen molar-refractivity contribution < 1.29 is 14.7 Å². The third-order valence-electron chi connectivity index (χ3n) is 4.24. The second-order valence-electron chi connectivity index (χ2n) is 6.31. The predicted molar refractivity (Wildman–Crippen MR) is 96.1 cm³/mol. The summed E-state index contributed by atoms with van der Waals surface area (Å²) >= 11 is 0. The summed E-state index contributed by atoms with van der Waals surface area (Å²) in [6.07, 6.45) is 0.330. The van der Waals surface area contributed by atoms with Crippen LogP contribution in [-0.2, 0) is 4.79 Å². The number of aliphatic hydroxyl groups excluding tert-OH is 1. The molecule has 25 heavy (non-hydrogen) atoms. The Morgan fingerprint density at radius 2 is 1.76 bits per heavy atom. The molecule has 1 aromatic carbocycles. The van der Waals surface area contributed by atoms with Crippen molar-refractivity contribution >= 4 is 11.9 Å². The highest BCUT2D eigenvalue weighted by Crippen LogP contribution is 2.14. The Bertz CT molecular complexity index is 545. The minimum atomic E-state index is -0.502. The molecule has 0 spiro atoms. The zero-order valence-electron chi connectivity index (χ0n) is 14.8. The van der Waals surface area contributed by atoms with Crippen LogP contribution in [0.1, 0.15) is 25.0 Å². The third-order valence-corrected chi connectivity index (χ3v) is 4.24. The van der Waals surface area contributed by atoms with E-state index >= 15 is 0 Å². The van der Waals surface area contributed by atoms with Crippen LogP contribution >= 0.6 is 0 Å². The molecule has 3 amide bonds. The largest absolute Gasteiger partial charge is 0.387 e. The molecule has 1 saturated heterocycles. The lowest BCUT2D eigenvalue weighted by atomic mass is 10.1. The van der Waals surface area contributed by atoms with E-state index in [0.717, 1.165) is 38.2 Å². The average Bonchev–Trinajstić information content (AvgIpc) is 2.62. The summed E-state index contributed by atoms with van der Waals surface area (Å²) in [5.41, 5.74) is 0.919. The van der Waals surface area contributed by atoms with Crippen LogP contribution < -0.4 is 10.6 Å². The van der Waals surface area contributed by atoms with Crippen LogP contribution in [0.3, 0.4) is 0 Å². The molecule has 0 aliphatic carbocycles. The Balaban J connectivity index is 1.67. The van der Waals surface area contributed by atoms with Gasteiger partial charge >= 0.3 is 6.03 Å². The normalized spacial score (nSPS) is 17.0. The lowest BCUT2D eigenvalue weighted by Crippen LogP contribution is -2.51. The molecule has 0 aromatic heterocycles. The van der Waals surface area contributed by atoms with Gasteiger partial charge in [-0.3, -0.25) is 19.9 Å². The molecule has 2 rings (SSSR count). The summed E-state index contributed by atoms with van der Waals surface area (Å²) in [4.78, 5) is 27.5. The van der Waals surface area contributed by atoms with Crippen molar-refractivity contribution in [2.45, 2.75) is 19.4 Å². The number of rotatable bonds is 7. The van der Waals surface area contributed by atoms with Crippen LogP contribution in [0, 0.1) is 0 Å². The number of nitrogens with one attached hydrogen (secondary N) is 2. The first-order chi connectivity index (χ1) is 12.1. The quantitative estimate of drug-likeness (QED) is 0.671. The Hall–Kier alpha value is -1.96. The van der Waals surface area contributed by atoms with Gasteiger partial charge in [0.2, 0.25) is 5.91 Å². The Morgan fingerprint density at radius 3 is 2.40 bits per heavy atom. The van der Waals surface area contributed by atoms with Gasteiger partial charge < -0.3 is 10.4 Å². The van der Waals surface area contributed by atoms with Gasteiger partial charge in [-0.25, -0.2) is 4.79 Å². The minimum absolute atomic E-state index is 0.217. The highest BCUT2D eigenvalue weighted by molar-refractivity contribution is 5.95. The number of urea groups is 1. The number of carbonyl (C=O) groups excluding carboxylic acids is 2. The molecule has 1 aromatic rings. The maximum Gasteiger partial charge on any atom is 0.321 e. The van der Waals surface area contributed by atoms with Crippen molar-refractivity contribution in [3.05, 3.63) is 35.9 Å². The molecule has 7 heteroatoms. The number of β-amino-alcohol motifs (C(OH)–C–C–N with tert-alkyl or cyclic N) is 1. The maximum absolute atomic E-state index is 11.9. The second-order valence-corrected chi connectivity index (χ2v) is 6.31. The Morgan fingerprint density at radius 1 is 1.12 bits per heavy atom. The second kappa shape index (κ2) is 10.1. The van der Waals surface area contributed by atoms with Crippen LogP contribution in [0.5, 0.6) is 0 Å². The van der Waals surface area contributed by atoms with E-state index in [1.807, 2.05) is 42.2 Å². The van der Waals surface area contributed by atoms with E-state index in [1.165, 1.54) is 0 Å². The van der Waals surface area contributed by atoms with Gasteiger partial charge in [-0.15, -0.1) is 0 Å². The van der Waals surface area contributed by atoms with Crippen molar-refractivity contribution in [1.82, 2.24) is 20.4 Å². The molecule has 7 nitrogen and oxygen atoms in total. The van der Waals surface area contributed by atoms with Crippen molar-refractivity contribution in [1.29, 1.82) is 0 Å². The predicted octanol–water partition coefficient (Wildman–Crippen LogP) is 0.573. The monoisotopic (exact) mass is 348 g/mol. The summed E-state index contributed by atoms with van der Waals surface area (Å²) in [5.74, 6) is -0.286. The number of hydrogen-bond acceptors (Lipinski definition) is 5. The number of aliphatic hydroxyl groups is 1. The lowest BCUT2D eigenvalue weighted by molar-refractivity contribution is -0.121. The number of nitrogens with zero attached hydrogens (tertiary/aromatic N) is 2. The van der Waals surface area contributed by atoms with Crippen molar-refractivity contribution in [3.8, 4) is 0 Å².